The monoisotopic (exact) mass is 114 g/mol. The van der Waals surface area contributed by atoms with E-state index in [1.54, 1.807) is 0 Å². The van der Waals surface area contributed by atoms with Gasteiger partial charge in [-0.05, 0) is 0 Å². The van der Waals surface area contributed by atoms with Crippen molar-refractivity contribution in [3.8, 4) is 0 Å². The largest absolute Gasteiger partial charge is 0.423 e. The first-order chi connectivity index (χ1) is 3.80. The number of hydrogen-bond donors (Lipinski definition) is 0. The van der Waals surface area contributed by atoms with Crippen molar-refractivity contribution in [2.45, 2.75) is 0 Å². The van der Waals surface area contributed by atoms with Gasteiger partial charge in [-0.3, -0.25) is 0 Å². The van der Waals surface area contributed by atoms with Gasteiger partial charge in [0.1, 0.15) is 12.5 Å². The Morgan fingerprint density at radius 3 is 1.62 bits per heavy atom. The van der Waals surface area contributed by atoms with Gasteiger partial charge in [-0.2, -0.15) is 0 Å². The molecule has 42 valence electrons. The summed E-state index contributed by atoms with van der Waals surface area (Å²) < 4.78 is 8.19. The molecule has 0 radical (unpaired) electrons. The maximum atomic E-state index is 10.0. The lowest BCUT2D eigenvalue weighted by atomic mass is 10.9. The van der Waals surface area contributed by atoms with Gasteiger partial charge in [0.25, 0.3) is 0 Å². The van der Waals surface area contributed by atoms with Gasteiger partial charge in [-0.25, -0.2) is 9.59 Å². The van der Waals surface area contributed by atoms with Gasteiger partial charge in [0, 0.05) is 0 Å². The Morgan fingerprint density at radius 2 is 1.38 bits per heavy atom. The van der Waals surface area contributed by atoms with Crippen molar-refractivity contribution in [3.63, 3.8) is 0 Å². The molecule has 0 saturated carbocycles. The van der Waals surface area contributed by atoms with E-state index in [4.69, 9.17) is 0 Å². The average Bonchev–Trinajstić information content (AvgIpc) is 1.77. The Hall–Kier alpha value is -1.32. The highest BCUT2D eigenvalue weighted by Gasteiger charge is 1.89. The number of rotatable bonds is 0. The van der Waals surface area contributed by atoms with Gasteiger partial charge < -0.3 is 8.83 Å². The van der Waals surface area contributed by atoms with E-state index in [1.165, 1.54) is 0 Å². The van der Waals surface area contributed by atoms with Crippen LogP contribution in [0, 0.1) is 0 Å². The fraction of sp³-hybridized carbons (Fsp3) is 0. The molecule has 0 bridgehead atoms. The lowest BCUT2D eigenvalue weighted by molar-refractivity contribution is 0.389. The van der Waals surface area contributed by atoms with Gasteiger partial charge >= 0.3 is 11.3 Å². The molecule has 0 aromatic carbocycles. The van der Waals surface area contributed by atoms with Crippen molar-refractivity contribution in [2.75, 3.05) is 0 Å². The first-order valence-electron chi connectivity index (χ1n) is 1.87. The van der Waals surface area contributed by atoms with Gasteiger partial charge in [0.15, 0.2) is 0 Å². The highest BCUT2D eigenvalue weighted by Crippen LogP contribution is 1.65. The predicted molar refractivity (Wildman–Crippen MR) is 23.5 cm³/mol. The van der Waals surface area contributed by atoms with Crippen molar-refractivity contribution >= 4 is 0 Å². The van der Waals surface area contributed by atoms with E-state index in [1.807, 2.05) is 0 Å². The average molecular weight is 114 g/mol. The van der Waals surface area contributed by atoms with Gasteiger partial charge in [0.05, 0.1) is 0 Å². The summed E-state index contributed by atoms with van der Waals surface area (Å²) in [6, 6.07) is 0. The van der Waals surface area contributed by atoms with Crippen molar-refractivity contribution < 1.29 is 8.83 Å². The smallest absolute Gasteiger partial charge is 0.422 e. The van der Waals surface area contributed by atoms with Crippen LogP contribution in [0.3, 0.4) is 0 Å². The predicted octanol–water partition coefficient (Wildman–Crippen LogP) is -0.407. The molecule has 0 unspecified atom stereocenters. The van der Waals surface area contributed by atoms with Crippen LogP contribution in [0.1, 0.15) is 0 Å². The Labute approximate surface area is 43.4 Å². The third kappa shape index (κ3) is 0.676. The van der Waals surface area contributed by atoms with Crippen molar-refractivity contribution in [1.82, 2.24) is 0 Å². The first-order valence-corrected chi connectivity index (χ1v) is 1.87. The van der Waals surface area contributed by atoms with E-state index in [0.717, 1.165) is 12.5 Å². The summed E-state index contributed by atoms with van der Waals surface area (Å²) in [5.74, 6) is 0. The minimum absolute atomic E-state index is 0.979. The molecule has 0 N–H and O–H groups in total. The van der Waals surface area contributed by atoms with Crippen molar-refractivity contribution in [1.29, 1.82) is 0 Å². The molecule has 0 aliphatic heterocycles. The topological polar surface area (TPSA) is 60.4 Å². The lowest BCUT2D eigenvalue weighted by Crippen LogP contribution is -2.19. The van der Waals surface area contributed by atoms with Crippen LogP contribution < -0.4 is 11.3 Å². The second-order valence-corrected chi connectivity index (χ2v) is 1.08. The molecule has 0 atom stereocenters. The SMILES string of the molecule is O=c1occoc1=O. The minimum atomic E-state index is -0.979. The molecule has 8 heavy (non-hydrogen) atoms. The van der Waals surface area contributed by atoms with Gasteiger partial charge in [0.2, 0.25) is 0 Å². The lowest BCUT2D eigenvalue weighted by Gasteiger charge is -1.73. The van der Waals surface area contributed by atoms with Crippen LogP contribution in [0.15, 0.2) is 30.9 Å². The standard InChI is InChI=1S/C4H2O4/c5-3-4(6)8-2-1-7-3/h1-2H. The molecule has 0 aliphatic carbocycles. The fourth-order valence-corrected chi connectivity index (χ4v) is 0.275. The van der Waals surface area contributed by atoms with Crippen LogP contribution in [0.4, 0.5) is 0 Å². The second-order valence-electron chi connectivity index (χ2n) is 1.08. The molecule has 1 rings (SSSR count). The highest BCUT2D eigenvalue weighted by molar-refractivity contribution is 4.62. The maximum Gasteiger partial charge on any atom is 0.422 e. The molecule has 4 heteroatoms. The minimum Gasteiger partial charge on any atom is -0.423 e. The van der Waals surface area contributed by atoms with Gasteiger partial charge in [-0.15, -0.1) is 0 Å². The zero-order valence-electron chi connectivity index (χ0n) is 3.79. The molecule has 0 amide bonds. The summed E-state index contributed by atoms with van der Waals surface area (Å²) >= 11 is 0. The first kappa shape index (κ1) is 4.83. The Balaban J connectivity index is 3.59. The van der Waals surface area contributed by atoms with Crippen LogP contribution >= 0.6 is 0 Å². The molecule has 0 aliphatic rings. The third-order valence-corrected chi connectivity index (χ3v) is 0.572. The van der Waals surface area contributed by atoms with Crippen LogP contribution in [-0.4, -0.2) is 0 Å². The summed E-state index contributed by atoms with van der Waals surface area (Å²) in [5, 5.41) is 0. The summed E-state index contributed by atoms with van der Waals surface area (Å²) in [5.41, 5.74) is -1.96. The van der Waals surface area contributed by atoms with Crippen LogP contribution in [0.5, 0.6) is 0 Å². The Morgan fingerprint density at radius 1 is 1.00 bits per heavy atom. The van der Waals surface area contributed by atoms with Crippen LogP contribution in [-0.2, 0) is 0 Å². The summed E-state index contributed by atoms with van der Waals surface area (Å²) in [7, 11) is 0. The zero-order chi connectivity index (χ0) is 5.98. The molecular formula is C4H2O4. The quantitative estimate of drug-likeness (QED) is 0.430. The Bertz CT molecular complexity index is 239. The molecule has 0 spiro atoms. The van der Waals surface area contributed by atoms with E-state index in [9.17, 15) is 9.59 Å². The summed E-state index contributed by atoms with van der Waals surface area (Å²) in [6.45, 7) is 0. The van der Waals surface area contributed by atoms with Gasteiger partial charge in [-0.1, -0.05) is 0 Å². The maximum absolute atomic E-state index is 10.0. The number of hydrogen-bond acceptors (Lipinski definition) is 4. The highest BCUT2D eigenvalue weighted by atomic mass is 16.5. The van der Waals surface area contributed by atoms with E-state index >= 15 is 0 Å². The normalized spacial score (nSPS) is 9.00. The van der Waals surface area contributed by atoms with E-state index in [0.29, 0.717) is 0 Å². The van der Waals surface area contributed by atoms with Crippen molar-refractivity contribution in [3.05, 3.63) is 33.4 Å². The summed E-state index contributed by atoms with van der Waals surface area (Å²) in [6.07, 6.45) is 2.01. The molecule has 1 aromatic heterocycles. The third-order valence-electron chi connectivity index (χ3n) is 0.572. The van der Waals surface area contributed by atoms with E-state index < -0.39 is 11.3 Å². The van der Waals surface area contributed by atoms with E-state index in [-0.39, 0.29) is 0 Å². The van der Waals surface area contributed by atoms with Crippen LogP contribution in [0.2, 0.25) is 0 Å². The molecule has 4 nitrogen and oxygen atoms in total. The van der Waals surface area contributed by atoms with Crippen molar-refractivity contribution in [2.24, 2.45) is 0 Å². The molecule has 1 aromatic rings. The van der Waals surface area contributed by atoms with Crippen LogP contribution in [0.25, 0.3) is 0 Å². The Kier molecular flexibility index (Phi) is 0.997. The fourth-order valence-electron chi connectivity index (χ4n) is 0.275. The molecule has 1 heterocycles. The van der Waals surface area contributed by atoms with E-state index in [2.05, 4.69) is 8.83 Å². The zero-order valence-corrected chi connectivity index (χ0v) is 3.79. The molecule has 0 fully saturated rings. The molecule has 0 saturated heterocycles. The molecular weight excluding hydrogens is 112 g/mol. The summed E-state index contributed by atoms with van der Waals surface area (Å²) in [4.78, 5) is 20.1. The second kappa shape index (κ2) is 1.65.